The number of amides is 2. The number of carbonyl (C=O) groups excluding carboxylic acids is 3. The Morgan fingerprint density at radius 2 is 1.87 bits per heavy atom. The largest absolute Gasteiger partial charge is 0.451 e. The second kappa shape index (κ2) is 11.9. The summed E-state index contributed by atoms with van der Waals surface area (Å²) in [5.41, 5.74) is 1.47. The molecule has 0 radical (unpaired) electrons. The minimum Gasteiger partial charge on any atom is -0.451 e. The standard InChI is InChI=1S/C20H22FN4O4PS/c1-22-20(31)24-15-4-2-3-13(9-15)19(28)23-11-17(26)25-16(10-18(27)29-30)12-5-7-14(21)8-6-12/h2-9,16H,10-11,30H2,1H3,(H,23,28)(H,25,26)(H2,22,24,31). The van der Waals surface area contributed by atoms with Gasteiger partial charge >= 0.3 is 5.97 Å². The molecule has 2 aromatic carbocycles. The Balaban J connectivity index is 1.98. The molecule has 0 aliphatic rings. The molecule has 0 aliphatic carbocycles. The molecule has 0 spiro atoms. The van der Waals surface area contributed by atoms with Crippen molar-refractivity contribution in [2.24, 2.45) is 0 Å². The number of anilines is 1. The van der Waals surface area contributed by atoms with E-state index in [4.69, 9.17) is 12.2 Å². The zero-order valence-electron chi connectivity index (χ0n) is 16.6. The van der Waals surface area contributed by atoms with Gasteiger partial charge in [0.1, 0.15) is 5.82 Å². The molecule has 0 aliphatic heterocycles. The van der Waals surface area contributed by atoms with Crippen molar-refractivity contribution in [3.05, 3.63) is 65.5 Å². The van der Waals surface area contributed by atoms with Crippen LogP contribution in [-0.2, 0) is 14.1 Å². The molecular weight excluding hydrogens is 442 g/mol. The molecule has 0 saturated heterocycles. The highest BCUT2D eigenvalue weighted by Gasteiger charge is 2.19. The minimum absolute atomic E-state index is 0.159. The van der Waals surface area contributed by atoms with E-state index in [-0.39, 0.29) is 13.0 Å². The molecule has 31 heavy (non-hydrogen) atoms. The Hall–Kier alpha value is -3.10. The first-order valence-electron chi connectivity index (χ1n) is 9.13. The Morgan fingerprint density at radius 1 is 1.16 bits per heavy atom. The van der Waals surface area contributed by atoms with Gasteiger partial charge in [0.05, 0.1) is 28.5 Å². The molecule has 0 bridgehead atoms. The fourth-order valence-electron chi connectivity index (χ4n) is 2.60. The van der Waals surface area contributed by atoms with Crippen molar-refractivity contribution in [3.8, 4) is 0 Å². The van der Waals surface area contributed by atoms with Gasteiger partial charge in [0.15, 0.2) is 5.11 Å². The number of nitrogens with one attached hydrogen (secondary N) is 4. The van der Waals surface area contributed by atoms with Crippen LogP contribution in [0.2, 0.25) is 0 Å². The third-order valence-corrected chi connectivity index (χ3v) is 4.70. The van der Waals surface area contributed by atoms with Crippen LogP contribution in [0.4, 0.5) is 10.1 Å². The molecular formula is C20H22FN4O4PS. The lowest BCUT2D eigenvalue weighted by molar-refractivity contribution is -0.134. The minimum atomic E-state index is -0.742. The molecule has 0 saturated carbocycles. The quantitative estimate of drug-likeness (QED) is 0.350. The summed E-state index contributed by atoms with van der Waals surface area (Å²) >= 11 is 5.03. The van der Waals surface area contributed by atoms with Crippen LogP contribution in [0.1, 0.15) is 28.4 Å². The van der Waals surface area contributed by atoms with Gasteiger partial charge in [-0.1, -0.05) is 18.2 Å². The summed E-state index contributed by atoms with van der Waals surface area (Å²) in [5.74, 6) is -2.00. The van der Waals surface area contributed by atoms with Crippen LogP contribution >= 0.6 is 21.7 Å². The fraction of sp³-hybridized carbons (Fsp3) is 0.200. The predicted molar refractivity (Wildman–Crippen MR) is 122 cm³/mol. The van der Waals surface area contributed by atoms with Crippen molar-refractivity contribution >= 4 is 50.3 Å². The molecule has 11 heteroatoms. The first kappa shape index (κ1) is 24.2. The van der Waals surface area contributed by atoms with Gasteiger partial charge < -0.3 is 25.8 Å². The number of halogens is 1. The Labute approximate surface area is 186 Å². The number of hydrogen-bond acceptors (Lipinski definition) is 5. The maximum absolute atomic E-state index is 13.2. The third-order valence-electron chi connectivity index (χ3n) is 4.13. The van der Waals surface area contributed by atoms with Gasteiger partial charge in [-0.2, -0.15) is 0 Å². The summed E-state index contributed by atoms with van der Waals surface area (Å²) in [6, 6.07) is 11.2. The van der Waals surface area contributed by atoms with Crippen LogP contribution in [0.15, 0.2) is 48.5 Å². The van der Waals surface area contributed by atoms with Gasteiger partial charge in [0, 0.05) is 18.3 Å². The topological polar surface area (TPSA) is 109 Å². The normalized spacial score (nSPS) is 11.1. The van der Waals surface area contributed by atoms with Crippen molar-refractivity contribution in [1.82, 2.24) is 16.0 Å². The van der Waals surface area contributed by atoms with Crippen molar-refractivity contribution in [3.63, 3.8) is 0 Å². The molecule has 164 valence electrons. The summed E-state index contributed by atoms with van der Waals surface area (Å²) < 4.78 is 17.8. The second-order valence-electron chi connectivity index (χ2n) is 6.33. The molecule has 0 aromatic heterocycles. The van der Waals surface area contributed by atoms with E-state index in [1.165, 1.54) is 24.3 Å². The lowest BCUT2D eigenvalue weighted by atomic mass is 10.0. The van der Waals surface area contributed by atoms with Crippen LogP contribution in [0.25, 0.3) is 0 Å². The highest BCUT2D eigenvalue weighted by Crippen LogP contribution is 2.18. The SMILES string of the molecule is CNC(=S)Nc1cccc(C(=O)NCC(=O)NC(CC(=O)OP)c2ccc(F)cc2)c1. The Kier molecular flexibility index (Phi) is 9.30. The van der Waals surface area contributed by atoms with Crippen LogP contribution in [0, 0.1) is 5.82 Å². The summed E-state index contributed by atoms with van der Waals surface area (Å²) in [6.07, 6.45) is -0.159. The van der Waals surface area contributed by atoms with Crippen LogP contribution in [-0.4, -0.2) is 36.5 Å². The van der Waals surface area contributed by atoms with Crippen molar-refractivity contribution in [2.45, 2.75) is 12.5 Å². The zero-order valence-corrected chi connectivity index (χ0v) is 18.6. The lowest BCUT2D eigenvalue weighted by Gasteiger charge is -2.18. The Bertz CT molecular complexity index is 958. The highest BCUT2D eigenvalue weighted by molar-refractivity contribution is 7.80. The first-order valence-corrected chi connectivity index (χ1v) is 10.0. The molecule has 2 atom stereocenters. The maximum Gasteiger partial charge on any atom is 0.310 e. The van der Waals surface area contributed by atoms with E-state index in [1.54, 1.807) is 31.3 Å². The third kappa shape index (κ3) is 7.92. The van der Waals surface area contributed by atoms with Crippen LogP contribution in [0.3, 0.4) is 0 Å². The number of hydrogen-bond donors (Lipinski definition) is 4. The molecule has 0 fully saturated rings. The smallest absolute Gasteiger partial charge is 0.310 e. The molecule has 0 heterocycles. The second-order valence-corrected chi connectivity index (χ2v) is 6.98. The summed E-state index contributed by atoms with van der Waals surface area (Å²) in [5, 5.41) is 11.2. The van der Waals surface area contributed by atoms with Gasteiger partial charge in [0.2, 0.25) is 5.91 Å². The van der Waals surface area contributed by atoms with Crippen LogP contribution < -0.4 is 21.3 Å². The zero-order chi connectivity index (χ0) is 22.8. The predicted octanol–water partition coefficient (Wildman–Crippen LogP) is 2.05. The van der Waals surface area contributed by atoms with Crippen molar-refractivity contribution in [2.75, 3.05) is 18.9 Å². The highest BCUT2D eigenvalue weighted by atomic mass is 32.1. The summed E-state index contributed by atoms with van der Waals surface area (Å²) in [6.45, 7) is -0.320. The van der Waals surface area contributed by atoms with E-state index in [0.29, 0.717) is 21.9 Å². The molecule has 8 nitrogen and oxygen atoms in total. The molecule has 2 rings (SSSR count). The van der Waals surface area contributed by atoms with Crippen molar-refractivity contribution in [1.29, 1.82) is 0 Å². The fourth-order valence-corrected chi connectivity index (χ4v) is 2.82. The van der Waals surface area contributed by atoms with Crippen LogP contribution in [0.5, 0.6) is 0 Å². The van der Waals surface area contributed by atoms with E-state index in [2.05, 4.69) is 25.8 Å². The van der Waals surface area contributed by atoms with Crippen molar-refractivity contribution < 1.29 is 23.3 Å². The number of rotatable bonds is 8. The molecule has 2 unspecified atom stereocenters. The number of carbonyl (C=O) groups is 3. The van der Waals surface area contributed by atoms with E-state index in [1.807, 2.05) is 9.47 Å². The average Bonchev–Trinajstić information content (AvgIpc) is 2.77. The van der Waals surface area contributed by atoms with Gasteiger partial charge in [-0.3, -0.25) is 14.4 Å². The first-order chi connectivity index (χ1) is 14.8. The van der Waals surface area contributed by atoms with Gasteiger partial charge in [-0.25, -0.2) is 4.39 Å². The summed E-state index contributed by atoms with van der Waals surface area (Å²) in [4.78, 5) is 36.4. The molecule has 2 aromatic rings. The van der Waals surface area contributed by atoms with E-state index >= 15 is 0 Å². The summed E-state index contributed by atoms with van der Waals surface area (Å²) in [7, 11) is 3.51. The lowest BCUT2D eigenvalue weighted by Crippen LogP contribution is -2.39. The van der Waals surface area contributed by atoms with Gasteiger partial charge in [-0.05, 0) is 48.1 Å². The number of benzene rings is 2. The van der Waals surface area contributed by atoms with E-state index in [9.17, 15) is 18.8 Å². The molecule has 2 amide bonds. The van der Waals surface area contributed by atoms with E-state index in [0.717, 1.165) is 0 Å². The molecule has 4 N–H and O–H groups in total. The maximum atomic E-state index is 13.2. The monoisotopic (exact) mass is 464 g/mol. The average molecular weight is 464 g/mol. The van der Waals surface area contributed by atoms with Gasteiger partial charge in [-0.15, -0.1) is 0 Å². The number of thiocarbonyl (C=S) groups is 1. The Morgan fingerprint density at radius 3 is 2.52 bits per heavy atom. The van der Waals surface area contributed by atoms with E-state index < -0.39 is 29.6 Å². The van der Waals surface area contributed by atoms with Gasteiger partial charge in [0.25, 0.3) is 5.91 Å².